The summed E-state index contributed by atoms with van der Waals surface area (Å²) in [7, 11) is 0. The van der Waals surface area contributed by atoms with E-state index in [4.69, 9.17) is 4.42 Å². The van der Waals surface area contributed by atoms with Gasteiger partial charge in [0.05, 0.1) is 0 Å². The Kier molecular flexibility index (Phi) is 4.43. The van der Waals surface area contributed by atoms with Gasteiger partial charge in [0, 0.05) is 23.4 Å². The van der Waals surface area contributed by atoms with E-state index >= 15 is 0 Å². The quantitative estimate of drug-likeness (QED) is 0.813. The molecule has 0 spiro atoms. The van der Waals surface area contributed by atoms with Gasteiger partial charge in [-0.3, -0.25) is 0 Å². The molecule has 0 aliphatic carbocycles. The highest BCUT2D eigenvalue weighted by Crippen LogP contribution is 2.33. The lowest BCUT2D eigenvalue weighted by Gasteiger charge is -2.17. The summed E-state index contributed by atoms with van der Waals surface area (Å²) in [5.74, 6) is 1.13. The zero-order chi connectivity index (χ0) is 13.0. The Morgan fingerprint density at radius 3 is 2.61 bits per heavy atom. The maximum atomic E-state index is 5.98. The topological polar surface area (TPSA) is 25.2 Å². The highest BCUT2D eigenvalue weighted by atomic mass is 16.3. The molecule has 1 heterocycles. The van der Waals surface area contributed by atoms with Crippen LogP contribution in [0.2, 0.25) is 0 Å². The maximum absolute atomic E-state index is 5.98. The zero-order valence-corrected chi connectivity index (χ0v) is 11.6. The molecule has 0 aliphatic heterocycles. The van der Waals surface area contributed by atoms with Gasteiger partial charge in [0.25, 0.3) is 0 Å². The summed E-state index contributed by atoms with van der Waals surface area (Å²) in [5, 5.41) is 4.86. The first kappa shape index (κ1) is 13.2. The molecule has 0 aliphatic rings. The van der Waals surface area contributed by atoms with Crippen molar-refractivity contribution in [2.45, 2.75) is 46.1 Å². The fraction of sp³-hybridized carbons (Fsp3) is 0.500. The molecule has 1 N–H and O–H groups in total. The van der Waals surface area contributed by atoms with Crippen LogP contribution in [0, 0.1) is 0 Å². The minimum absolute atomic E-state index is 0.415. The van der Waals surface area contributed by atoms with E-state index in [0.717, 1.165) is 30.7 Å². The standard InChI is InChI=1S/C16H23NO/c1-4-9-13(17-6-3)16-12-10-7-8-11-15(12)18-14(16)5-2/h7-8,10-11,13,17H,4-6,9H2,1-3H3. The third-order valence-electron chi connectivity index (χ3n) is 3.41. The number of rotatable bonds is 6. The lowest BCUT2D eigenvalue weighted by atomic mass is 9.98. The second kappa shape index (κ2) is 6.05. The monoisotopic (exact) mass is 245 g/mol. The third-order valence-corrected chi connectivity index (χ3v) is 3.41. The molecule has 2 nitrogen and oxygen atoms in total. The van der Waals surface area contributed by atoms with Crippen LogP contribution >= 0.6 is 0 Å². The lowest BCUT2D eigenvalue weighted by molar-refractivity contribution is 0.484. The van der Waals surface area contributed by atoms with E-state index in [2.05, 4.69) is 44.3 Å². The number of aryl methyl sites for hydroxylation is 1. The van der Waals surface area contributed by atoms with Crippen molar-refractivity contribution in [2.75, 3.05) is 6.54 Å². The summed E-state index contributed by atoms with van der Waals surface area (Å²) in [6.07, 6.45) is 3.29. The number of para-hydroxylation sites is 1. The minimum atomic E-state index is 0.415. The molecule has 1 atom stereocenters. The van der Waals surface area contributed by atoms with Crippen molar-refractivity contribution in [1.29, 1.82) is 0 Å². The van der Waals surface area contributed by atoms with Crippen molar-refractivity contribution in [3.05, 3.63) is 35.6 Å². The van der Waals surface area contributed by atoms with E-state index < -0.39 is 0 Å². The van der Waals surface area contributed by atoms with Crippen molar-refractivity contribution in [3.8, 4) is 0 Å². The number of fused-ring (bicyclic) bond motifs is 1. The first-order valence-corrected chi connectivity index (χ1v) is 7.05. The van der Waals surface area contributed by atoms with Gasteiger partial charge in [0.15, 0.2) is 0 Å². The van der Waals surface area contributed by atoms with Crippen molar-refractivity contribution in [2.24, 2.45) is 0 Å². The molecule has 2 aromatic rings. The van der Waals surface area contributed by atoms with Crippen molar-refractivity contribution >= 4 is 11.0 Å². The predicted molar refractivity (Wildman–Crippen MR) is 76.9 cm³/mol. The van der Waals surface area contributed by atoms with E-state index in [9.17, 15) is 0 Å². The van der Waals surface area contributed by atoms with Crippen LogP contribution in [0.3, 0.4) is 0 Å². The zero-order valence-electron chi connectivity index (χ0n) is 11.6. The maximum Gasteiger partial charge on any atom is 0.134 e. The summed E-state index contributed by atoms with van der Waals surface area (Å²) in [6, 6.07) is 8.78. The summed E-state index contributed by atoms with van der Waals surface area (Å²) >= 11 is 0. The number of hydrogen-bond donors (Lipinski definition) is 1. The van der Waals surface area contributed by atoms with Gasteiger partial charge >= 0.3 is 0 Å². The molecule has 98 valence electrons. The molecule has 2 rings (SSSR count). The lowest BCUT2D eigenvalue weighted by Crippen LogP contribution is -2.21. The molecule has 0 saturated heterocycles. The molecular weight excluding hydrogens is 222 g/mol. The third kappa shape index (κ3) is 2.44. The van der Waals surface area contributed by atoms with Crippen LogP contribution in [0.5, 0.6) is 0 Å². The Balaban J connectivity index is 2.51. The van der Waals surface area contributed by atoms with Crippen LogP contribution < -0.4 is 5.32 Å². The van der Waals surface area contributed by atoms with E-state index in [-0.39, 0.29) is 0 Å². The number of furan rings is 1. The van der Waals surface area contributed by atoms with Crippen LogP contribution in [0.15, 0.2) is 28.7 Å². The molecule has 0 bridgehead atoms. The van der Waals surface area contributed by atoms with Gasteiger partial charge in [-0.25, -0.2) is 0 Å². The molecule has 1 unspecified atom stereocenters. The highest BCUT2D eigenvalue weighted by Gasteiger charge is 2.20. The molecule has 2 heteroatoms. The van der Waals surface area contributed by atoms with E-state index in [1.54, 1.807) is 0 Å². The van der Waals surface area contributed by atoms with Gasteiger partial charge in [-0.05, 0) is 19.0 Å². The van der Waals surface area contributed by atoms with Crippen molar-refractivity contribution in [3.63, 3.8) is 0 Å². The van der Waals surface area contributed by atoms with Gasteiger partial charge in [0.1, 0.15) is 11.3 Å². The normalized spacial score (nSPS) is 13.1. The van der Waals surface area contributed by atoms with Crippen LogP contribution in [0.1, 0.15) is 51.0 Å². The molecule has 0 amide bonds. The molecule has 1 aromatic carbocycles. The number of nitrogens with one attached hydrogen (secondary N) is 1. The van der Waals surface area contributed by atoms with Gasteiger partial charge in [0.2, 0.25) is 0 Å². The second-order valence-electron chi connectivity index (χ2n) is 4.69. The Morgan fingerprint density at radius 2 is 1.94 bits per heavy atom. The van der Waals surface area contributed by atoms with Gasteiger partial charge in [-0.15, -0.1) is 0 Å². The van der Waals surface area contributed by atoms with Crippen LogP contribution in [-0.2, 0) is 6.42 Å². The predicted octanol–water partition coefficient (Wildman–Crippen LogP) is 4.45. The molecule has 0 radical (unpaired) electrons. The Labute approximate surface area is 109 Å². The van der Waals surface area contributed by atoms with Crippen LogP contribution in [-0.4, -0.2) is 6.54 Å². The van der Waals surface area contributed by atoms with Gasteiger partial charge in [-0.2, -0.15) is 0 Å². The Hall–Kier alpha value is -1.28. The smallest absolute Gasteiger partial charge is 0.134 e. The Morgan fingerprint density at radius 1 is 1.17 bits per heavy atom. The van der Waals surface area contributed by atoms with E-state index in [1.807, 2.05) is 6.07 Å². The molecule has 1 aromatic heterocycles. The van der Waals surface area contributed by atoms with Gasteiger partial charge < -0.3 is 9.73 Å². The SMILES string of the molecule is CCCC(NCC)c1c(CC)oc2ccccc12. The largest absolute Gasteiger partial charge is 0.461 e. The molecular formula is C16H23NO. The summed E-state index contributed by atoms with van der Waals surface area (Å²) < 4.78 is 5.98. The van der Waals surface area contributed by atoms with Crippen LogP contribution in [0.25, 0.3) is 11.0 Å². The fourth-order valence-electron chi connectivity index (χ4n) is 2.64. The second-order valence-corrected chi connectivity index (χ2v) is 4.69. The number of benzene rings is 1. The average molecular weight is 245 g/mol. The molecule has 0 saturated carbocycles. The summed E-state index contributed by atoms with van der Waals surface area (Å²) in [6.45, 7) is 7.55. The van der Waals surface area contributed by atoms with E-state index in [1.165, 1.54) is 17.4 Å². The first-order valence-electron chi connectivity index (χ1n) is 7.05. The molecule has 18 heavy (non-hydrogen) atoms. The van der Waals surface area contributed by atoms with Crippen molar-refractivity contribution in [1.82, 2.24) is 5.32 Å². The first-order chi connectivity index (χ1) is 8.81. The fourth-order valence-corrected chi connectivity index (χ4v) is 2.64. The van der Waals surface area contributed by atoms with Crippen LogP contribution in [0.4, 0.5) is 0 Å². The summed E-state index contributed by atoms with van der Waals surface area (Å²) in [5.41, 5.74) is 2.39. The summed E-state index contributed by atoms with van der Waals surface area (Å²) in [4.78, 5) is 0. The van der Waals surface area contributed by atoms with Gasteiger partial charge in [-0.1, -0.05) is 45.4 Å². The van der Waals surface area contributed by atoms with Crippen molar-refractivity contribution < 1.29 is 4.42 Å². The average Bonchev–Trinajstić information content (AvgIpc) is 2.76. The Bertz CT molecular complexity index is 495. The van der Waals surface area contributed by atoms with E-state index in [0.29, 0.717) is 6.04 Å². The minimum Gasteiger partial charge on any atom is -0.461 e. The highest BCUT2D eigenvalue weighted by molar-refractivity contribution is 5.82. The number of hydrogen-bond acceptors (Lipinski definition) is 2. The molecule has 0 fully saturated rings.